The molecule has 32 heavy (non-hydrogen) atoms. The maximum absolute atomic E-state index is 14.2. The monoisotopic (exact) mass is 458 g/mol. The number of nitrogens with one attached hydrogen (secondary N) is 2. The summed E-state index contributed by atoms with van der Waals surface area (Å²) in [5.41, 5.74) is 1.28. The third-order valence-corrected chi connectivity index (χ3v) is 5.38. The second-order valence-corrected chi connectivity index (χ2v) is 7.65. The van der Waals surface area contributed by atoms with Crippen LogP contribution in [0.25, 0.3) is 11.3 Å². The maximum atomic E-state index is 14.2. The predicted molar refractivity (Wildman–Crippen MR) is 115 cm³/mol. The topological polar surface area (TPSA) is 108 Å². The Balaban J connectivity index is 1.52. The molecule has 1 aliphatic heterocycles. The van der Waals surface area contributed by atoms with E-state index < -0.39 is 29.8 Å². The van der Waals surface area contributed by atoms with E-state index in [1.54, 1.807) is 37.3 Å². The van der Waals surface area contributed by atoms with Crippen molar-refractivity contribution in [2.24, 2.45) is 0 Å². The lowest BCUT2D eigenvalue weighted by atomic mass is 10.1. The molecule has 1 aromatic heterocycles. The van der Waals surface area contributed by atoms with Crippen molar-refractivity contribution in [1.29, 1.82) is 0 Å². The summed E-state index contributed by atoms with van der Waals surface area (Å²) in [5.74, 6) is -0.0578. The van der Waals surface area contributed by atoms with Gasteiger partial charge in [-0.1, -0.05) is 23.7 Å². The molecule has 10 heteroatoms. The van der Waals surface area contributed by atoms with Gasteiger partial charge in [0.05, 0.1) is 24.5 Å². The number of nitrogens with zero attached hydrogens (tertiary/aromatic N) is 2. The van der Waals surface area contributed by atoms with E-state index in [9.17, 15) is 14.0 Å². The molecule has 0 unspecified atom stereocenters. The molecule has 4 rings (SSSR count). The average Bonchev–Trinajstić information content (AvgIpc) is 3.37. The molecule has 1 saturated heterocycles. The third-order valence-electron chi connectivity index (χ3n) is 5.14. The van der Waals surface area contributed by atoms with Crippen LogP contribution >= 0.6 is 11.6 Å². The number of amides is 3. The van der Waals surface area contributed by atoms with Crippen LogP contribution in [0.15, 0.2) is 48.7 Å². The largest absolute Gasteiger partial charge is 0.491 e. The fourth-order valence-corrected chi connectivity index (χ4v) is 3.68. The summed E-state index contributed by atoms with van der Waals surface area (Å²) >= 11 is 5.80. The fraction of sp³-hybridized carbons (Fsp3) is 0.227. The molecule has 3 amide bonds. The van der Waals surface area contributed by atoms with E-state index in [0.29, 0.717) is 22.8 Å². The van der Waals surface area contributed by atoms with Crippen LogP contribution in [0.1, 0.15) is 30.4 Å². The van der Waals surface area contributed by atoms with Gasteiger partial charge in [0.25, 0.3) is 5.91 Å². The Morgan fingerprint density at radius 1 is 1.25 bits per heavy atom. The number of hydrogen-bond donors (Lipinski definition) is 3. The normalized spacial score (nSPS) is 16.9. The number of aromatic nitrogens is 2. The van der Waals surface area contributed by atoms with Crippen LogP contribution < -0.4 is 10.1 Å². The summed E-state index contributed by atoms with van der Waals surface area (Å²) in [6.45, 7) is 1.71. The van der Waals surface area contributed by atoms with Crippen molar-refractivity contribution in [3.8, 4) is 17.0 Å². The van der Waals surface area contributed by atoms with Crippen LogP contribution in [0.4, 0.5) is 9.18 Å². The molecule has 3 aromatic rings. The first kappa shape index (κ1) is 21.8. The molecule has 0 spiro atoms. The van der Waals surface area contributed by atoms with Gasteiger partial charge in [-0.25, -0.2) is 14.2 Å². The zero-order valence-corrected chi connectivity index (χ0v) is 17.8. The number of H-pyrrole nitrogens is 1. The molecule has 0 saturated carbocycles. The molecule has 1 aliphatic rings. The molecule has 0 radical (unpaired) electrons. The molecule has 0 aliphatic carbocycles. The van der Waals surface area contributed by atoms with Gasteiger partial charge in [0, 0.05) is 10.6 Å². The number of benzene rings is 2. The lowest BCUT2D eigenvalue weighted by Crippen LogP contribution is -2.34. The minimum Gasteiger partial charge on any atom is -0.491 e. The van der Waals surface area contributed by atoms with E-state index in [1.165, 1.54) is 18.3 Å². The first-order valence-corrected chi connectivity index (χ1v) is 10.2. The minimum atomic E-state index is -0.847. The summed E-state index contributed by atoms with van der Waals surface area (Å²) in [6, 6.07) is 8.86. The predicted octanol–water partition coefficient (Wildman–Crippen LogP) is 3.59. The Hall–Kier alpha value is -3.43. The Kier molecular flexibility index (Phi) is 6.11. The van der Waals surface area contributed by atoms with Gasteiger partial charge in [0.2, 0.25) is 0 Å². The van der Waals surface area contributed by atoms with E-state index in [-0.39, 0.29) is 23.8 Å². The number of ether oxygens (including phenoxy) is 1. The van der Waals surface area contributed by atoms with Crippen molar-refractivity contribution < 1.29 is 23.8 Å². The van der Waals surface area contributed by atoms with Crippen LogP contribution in [-0.2, 0) is 4.79 Å². The highest BCUT2D eigenvalue weighted by Gasteiger charge is 2.42. The molecular formula is C22H20ClFN4O4. The highest BCUT2D eigenvalue weighted by Crippen LogP contribution is 2.31. The molecule has 3 N–H and O–H groups in total. The standard InChI is InChI=1S/C22H20ClFN4O4/c1-12(20-25-11-18(26-20)16-7-4-14(23)10-17(16)24)28-21(30)19(27-22(28)31)13-2-5-15(6-3-13)32-9-8-29/h2-7,10-12,19,29H,8-9H2,1H3,(H,25,26)(H,27,31)/t12-,19+/m0/s1. The van der Waals surface area contributed by atoms with Crippen LogP contribution in [0.3, 0.4) is 0 Å². The number of aliphatic hydroxyl groups excluding tert-OH is 1. The summed E-state index contributed by atoms with van der Waals surface area (Å²) < 4.78 is 19.5. The Bertz CT molecular complexity index is 1150. The van der Waals surface area contributed by atoms with E-state index >= 15 is 0 Å². The molecule has 8 nitrogen and oxygen atoms in total. The Morgan fingerprint density at radius 3 is 2.69 bits per heavy atom. The summed E-state index contributed by atoms with van der Waals surface area (Å²) in [4.78, 5) is 33.9. The molecule has 1 fully saturated rings. The maximum Gasteiger partial charge on any atom is 0.325 e. The van der Waals surface area contributed by atoms with Crippen LogP contribution in [-0.4, -0.2) is 45.1 Å². The van der Waals surface area contributed by atoms with Crippen molar-refractivity contribution in [1.82, 2.24) is 20.2 Å². The molecule has 166 valence electrons. The number of carbonyl (C=O) groups is 2. The van der Waals surface area contributed by atoms with E-state index in [0.717, 1.165) is 4.90 Å². The van der Waals surface area contributed by atoms with Crippen molar-refractivity contribution in [2.75, 3.05) is 13.2 Å². The molecule has 0 bridgehead atoms. The molecule has 2 heterocycles. The van der Waals surface area contributed by atoms with Crippen LogP contribution in [0, 0.1) is 5.82 Å². The van der Waals surface area contributed by atoms with Crippen molar-refractivity contribution >= 4 is 23.5 Å². The fourth-order valence-electron chi connectivity index (χ4n) is 3.52. The summed E-state index contributed by atoms with van der Waals surface area (Å²) in [6.07, 6.45) is 1.44. The van der Waals surface area contributed by atoms with Crippen molar-refractivity contribution in [3.63, 3.8) is 0 Å². The first-order chi connectivity index (χ1) is 15.4. The zero-order valence-electron chi connectivity index (χ0n) is 17.0. The number of urea groups is 1. The van der Waals surface area contributed by atoms with Gasteiger partial charge in [-0.05, 0) is 42.8 Å². The number of aliphatic hydroxyl groups is 1. The highest BCUT2D eigenvalue weighted by atomic mass is 35.5. The number of rotatable bonds is 7. The minimum absolute atomic E-state index is 0.106. The Morgan fingerprint density at radius 2 is 2.00 bits per heavy atom. The van der Waals surface area contributed by atoms with Gasteiger partial charge < -0.3 is 20.1 Å². The summed E-state index contributed by atoms with van der Waals surface area (Å²) in [5, 5.41) is 11.8. The number of aromatic amines is 1. The van der Waals surface area contributed by atoms with Gasteiger partial charge in [-0.2, -0.15) is 0 Å². The number of halogens is 2. The van der Waals surface area contributed by atoms with Crippen LogP contribution in [0.2, 0.25) is 5.02 Å². The smallest absolute Gasteiger partial charge is 0.325 e. The van der Waals surface area contributed by atoms with Crippen molar-refractivity contribution in [2.45, 2.75) is 19.0 Å². The van der Waals surface area contributed by atoms with Crippen LogP contribution in [0.5, 0.6) is 5.75 Å². The first-order valence-electron chi connectivity index (χ1n) is 9.86. The van der Waals surface area contributed by atoms with Gasteiger partial charge in [-0.15, -0.1) is 0 Å². The molecule has 2 aromatic carbocycles. The van der Waals surface area contributed by atoms with E-state index in [2.05, 4.69) is 15.3 Å². The quantitative estimate of drug-likeness (QED) is 0.469. The lowest BCUT2D eigenvalue weighted by Gasteiger charge is -2.19. The average molecular weight is 459 g/mol. The molecule has 2 atom stereocenters. The SMILES string of the molecule is C[C@@H](c1ncc(-c2ccc(Cl)cc2F)[nH]1)N1C(=O)N[C@H](c2ccc(OCCO)cc2)C1=O. The van der Waals surface area contributed by atoms with Crippen molar-refractivity contribution in [3.05, 3.63) is 70.9 Å². The Labute approximate surface area is 188 Å². The number of imidazole rings is 1. The van der Waals surface area contributed by atoms with Gasteiger partial charge >= 0.3 is 6.03 Å². The second kappa shape index (κ2) is 8.97. The van der Waals surface area contributed by atoms with Gasteiger partial charge in [0.1, 0.15) is 30.0 Å². The second-order valence-electron chi connectivity index (χ2n) is 7.21. The number of hydrogen-bond acceptors (Lipinski definition) is 5. The summed E-state index contributed by atoms with van der Waals surface area (Å²) in [7, 11) is 0. The zero-order chi connectivity index (χ0) is 22.8. The highest BCUT2D eigenvalue weighted by molar-refractivity contribution is 6.30. The third kappa shape index (κ3) is 4.17. The number of carbonyl (C=O) groups excluding carboxylic acids is 2. The van der Waals surface area contributed by atoms with Gasteiger partial charge in [0.15, 0.2) is 0 Å². The van der Waals surface area contributed by atoms with E-state index in [1.807, 2.05) is 0 Å². The number of imide groups is 1. The molecular weight excluding hydrogens is 439 g/mol. The lowest BCUT2D eigenvalue weighted by molar-refractivity contribution is -0.129. The van der Waals surface area contributed by atoms with Gasteiger partial charge in [-0.3, -0.25) is 9.69 Å². The van der Waals surface area contributed by atoms with E-state index in [4.69, 9.17) is 21.4 Å².